The molecule has 1 atom stereocenters. The van der Waals surface area contributed by atoms with Crippen LogP contribution in [0.5, 0.6) is 0 Å². The lowest BCUT2D eigenvalue weighted by Crippen LogP contribution is -2.59. The zero-order chi connectivity index (χ0) is 17.8. The van der Waals surface area contributed by atoms with E-state index in [0.29, 0.717) is 0 Å². The molecule has 0 radical (unpaired) electrons. The van der Waals surface area contributed by atoms with Crippen LogP contribution < -0.4 is 0 Å². The van der Waals surface area contributed by atoms with E-state index in [1.54, 1.807) is 20.8 Å². The molecule has 0 heterocycles. The average molecular weight is 312 g/mol. The predicted octanol–water partition coefficient (Wildman–Crippen LogP) is 1.77. The molecule has 0 bridgehead atoms. The van der Waals surface area contributed by atoms with Gasteiger partial charge in [-0.3, -0.25) is 4.79 Å². The maximum absolute atomic E-state index is 12.6. The van der Waals surface area contributed by atoms with Gasteiger partial charge in [-0.1, -0.05) is 33.9 Å². The lowest BCUT2D eigenvalue weighted by molar-refractivity contribution is -0.252. The predicted molar refractivity (Wildman–Crippen MR) is 80.6 cm³/mol. The Hall–Kier alpha value is -1.95. The van der Waals surface area contributed by atoms with E-state index in [0.717, 1.165) is 12.2 Å². The van der Waals surface area contributed by atoms with Gasteiger partial charge in [-0.05, 0) is 13.8 Å². The Morgan fingerprint density at radius 1 is 1.00 bits per heavy atom. The van der Waals surface area contributed by atoms with E-state index in [-0.39, 0.29) is 6.61 Å². The molecule has 6 heteroatoms. The first kappa shape index (κ1) is 20.1. The normalized spacial score (nSPS) is 14.5. The van der Waals surface area contributed by atoms with Crippen molar-refractivity contribution < 1.29 is 29.0 Å². The van der Waals surface area contributed by atoms with Crippen molar-refractivity contribution in [2.75, 3.05) is 6.61 Å². The number of ether oxygens (including phenoxy) is 2. The number of aliphatic hydroxyl groups is 1. The van der Waals surface area contributed by atoms with Crippen molar-refractivity contribution in [3.05, 3.63) is 25.3 Å². The van der Waals surface area contributed by atoms with Crippen LogP contribution in [0.3, 0.4) is 0 Å². The number of carbonyl (C=O) groups excluding carboxylic acids is 3. The quantitative estimate of drug-likeness (QED) is 0.438. The van der Waals surface area contributed by atoms with Crippen LogP contribution in [0.2, 0.25) is 0 Å². The first-order valence-corrected chi connectivity index (χ1v) is 6.73. The van der Waals surface area contributed by atoms with Gasteiger partial charge in [-0.15, -0.1) is 0 Å². The summed E-state index contributed by atoms with van der Waals surface area (Å²) < 4.78 is 9.83. The van der Waals surface area contributed by atoms with Gasteiger partial charge in [0, 0.05) is 17.6 Å². The highest BCUT2D eigenvalue weighted by atomic mass is 16.7. The van der Waals surface area contributed by atoms with Gasteiger partial charge in [0.2, 0.25) is 5.78 Å². The lowest BCUT2D eigenvalue weighted by Gasteiger charge is -2.42. The molecule has 0 fully saturated rings. The Morgan fingerprint density at radius 3 is 1.82 bits per heavy atom. The smallest absolute Gasteiger partial charge is 0.333 e. The largest absolute Gasteiger partial charge is 0.462 e. The molecule has 1 unspecified atom stereocenters. The van der Waals surface area contributed by atoms with Crippen LogP contribution >= 0.6 is 0 Å². The fourth-order valence-electron chi connectivity index (χ4n) is 1.60. The summed E-state index contributed by atoms with van der Waals surface area (Å²) in [5.41, 5.74) is -2.37. The number of rotatable bonds is 7. The van der Waals surface area contributed by atoms with E-state index in [9.17, 15) is 19.5 Å². The molecule has 0 amide bonds. The summed E-state index contributed by atoms with van der Waals surface area (Å²) in [6, 6.07) is 0. The van der Waals surface area contributed by atoms with E-state index in [2.05, 4.69) is 13.2 Å². The molecule has 0 saturated carbocycles. The number of hydrogen-bond donors (Lipinski definition) is 1. The SMILES string of the molecule is C=CC(=O)OCC(C)(C)C(O)(OC(=O)C=C)C(=O)C(C)(C)C. The Bertz CT molecular complexity index is 483. The topological polar surface area (TPSA) is 89.9 Å². The molecule has 0 aromatic heterocycles. The van der Waals surface area contributed by atoms with Gasteiger partial charge in [-0.2, -0.15) is 0 Å². The molecule has 0 rings (SSSR count). The number of hydrogen-bond acceptors (Lipinski definition) is 6. The van der Waals surface area contributed by atoms with E-state index in [4.69, 9.17) is 9.47 Å². The second kappa shape index (κ2) is 6.87. The molecule has 1 N–H and O–H groups in total. The second-order valence-corrected chi connectivity index (χ2v) is 6.54. The number of Topliss-reactive ketones (excluding diaryl/α,β-unsaturated/α-hetero) is 1. The van der Waals surface area contributed by atoms with Crippen molar-refractivity contribution in [3.8, 4) is 0 Å². The number of carbonyl (C=O) groups is 3. The van der Waals surface area contributed by atoms with Gasteiger partial charge in [0.25, 0.3) is 5.79 Å². The maximum Gasteiger partial charge on any atom is 0.333 e. The zero-order valence-corrected chi connectivity index (χ0v) is 13.8. The molecule has 0 aliphatic carbocycles. The van der Waals surface area contributed by atoms with Crippen molar-refractivity contribution in [2.45, 2.75) is 40.4 Å². The highest BCUT2D eigenvalue weighted by Gasteiger charge is 2.56. The van der Waals surface area contributed by atoms with Crippen molar-refractivity contribution in [2.24, 2.45) is 10.8 Å². The van der Waals surface area contributed by atoms with Crippen molar-refractivity contribution in [1.29, 1.82) is 0 Å². The molecule has 0 aromatic carbocycles. The summed E-state index contributed by atoms with van der Waals surface area (Å²) in [7, 11) is 0. The minimum absolute atomic E-state index is 0.347. The van der Waals surface area contributed by atoms with Gasteiger partial charge in [0.05, 0.1) is 5.41 Å². The zero-order valence-electron chi connectivity index (χ0n) is 13.8. The summed E-state index contributed by atoms with van der Waals surface area (Å²) in [6.07, 6.45) is 1.79. The van der Waals surface area contributed by atoms with Crippen LogP contribution in [0, 0.1) is 10.8 Å². The van der Waals surface area contributed by atoms with E-state index in [1.807, 2.05) is 0 Å². The van der Waals surface area contributed by atoms with Crippen LogP contribution in [-0.4, -0.2) is 35.2 Å². The fraction of sp³-hybridized carbons (Fsp3) is 0.562. The summed E-state index contributed by atoms with van der Waals surface area (Å²) >= 11 is 0. The molecule has 124 valence electrons. The van der Waals surface area contributed by atoms with Crippen LogP contribution in [0.15, 0.2) is 25.3 Å². The second-order valence-electron chi connectivity index (χ2n) is 6.54. The Balaban J connectivity index is 5.68. The van der Waals surface area contributed by atoms with Crippen molar-refractivity contribution >= 4 is 17.7 Å². The third-order valence-corrected chi connectivity index (χ3v) is 3.06. The van der Waals surface area contributed by atoms with E-state index < -0.39 is 34.3 Å². The summed E-state index contributed by atoms with van der Waals surface area (Å²) in [5.74, 6) is -4.86. The van der Waals surface area contributed by atoms with Gasteiger partial charge in [-0.25, -0.2) is 9.59 Å². The standard InChI is InChI=1S/C16H24O6/c1-8-11(17)21-10-15(6,7)16(20,22-12(18)9-2)13(19)14(3,4)5/h8-9,20H,1-2,10H2,3-7H3. The molecular formula is C16H24O6. The van der Waals surface area contributed by atoms with Gasteiger partial charge in [0.1, 0.15) is 6.61 Å². The van der Waals surface area contributed by atoms with Gasteiger partial charge in [0.15, 0.2) is 0 Å². The first-order valence-electron chi connectivity index (χ1n) is 6.73. The number of esters is 2. The molecule has 0 aromatic rings. The highest BCUT2D eigenvalue weighted by molar-refractivity contribution is 5.94. The molecule has 0 spiro atoms. The van der Waals surface area contributed by atoms with Crippen LogP contribution in [0.1, 0.15) is 34.6 Å². The van der Waals surface area contributed by atoms with Crippen LogP contribution in [0.4, 0.5) is 0 Å². The third-order valence-electron chi connectivity index (χ3n) is 3.06. The molecule has 22 heavy (non-hydrogen) atoms. The lowest BCUT2D eigenvalue weighted by atomic mass is 9.73. The monoisotopic (exact) mass is 312 g/mol. The third kappa shape index (κ3) is 4.53. The highest BCUT2D eigenvalue weighted by Crippen LogP contribution is 2.38. The summed E-state index contributed by atoms with van der Waals surface area (Å²) in [4.78, 5) is 35.3. The molecule has 0 saturated heterocycles. The summed E-state index contributed by atoms with van der Waals surface area (Å²) in [6.45, 7) is 13.8. The molecule has 0 aliphatic rings. The summed E-state index contributed by atoms with van der Waals surface area (Å²) in [5, 5.41) is 10.8. The average Bonchev–Trinajstić information content (AvgIpc) is 2.42. The maximum atomic E-state index is 12.6. The minimum atomic E-state index is -2.47. The van der Waals surface area contributed by atoms with Crippen LogP contribution in [0.25, 0.3) is 0 Å². The van der Waals surface area contributed by atoms with E-state index >= 15 is 0 Å². The molecule has 6 nitrogen and oxygen atoms in total. The Kier molecular flexibility index (Phi) is 6.26. The van der Waals surface area contributed by atoms with Crippen molar-refractivity contribution in [1.82, 2.24) is 0 Å². The first-order chi connectivity index (χ1) is 9.81. The number of ketones is 1. The Morgan fingerprint density at radius 2 is 1.45 bits per heavy atom. The van der Waals surface area contributed by atoms with Crippen molar-refractivity contribution in [3.63, 3.8) is 0 Å². The molecule has 0 aliphatic heterocycles. The Labute approximate surface area is 130 Å². The van der Waals surface area contributed by atoms with Gasteiger partial charge < -0.3 is 14.6 Å². The molecular weight excluding hydrogens is 288 g/mol. The van der Waals surface area contributed by atoms with Gasteiger partial charge >= 0.3 is 11.9 Å². The fourth-order valence-corrected chi connectivity index (χ4v) is 1.60. The van der Waals surface area contributed by atoms with E-state index in [1.165, 1.54) is 13.8 Å². The van der Waals surface area contributed by atoms with Crippen LogP contribution in [-0.2, 0) is 23.9 Å². The minimum Gasteiger partial charge on any atom is -0.462 e.